The molecule has 28 heavy (non-hydrogen) atoms. The molecule has 0 aromatic rings. The molecule has 1 saturated carbocycles. The van der Waals surface area contributed by atoms with Gasteiger partial charge in [0.2, 0.25) is 5.91 Å². The van der Waals surface area contributed by atoms with Gasteiger partial charge < -0.3 is 25.2 Å². The maximum atomic E-state index is 12.5. The monoisotopic (exact) mass is 390 g/mol. The fraction of sp³-hybridized carbons (Fsp3) is 0.550. The lowest BCUT2D eigenvalue weighted by molar-refractivity contribution is -0.163. The molecule has 2 unspecified atom stereocenters. The minimum atomic E-state index is -1.20. The molecule has 1 aliphatic carbocycles. The van der Waals surface area contributed by atoms with Crippen LogP contribution < -0.4 is 5.32 Å². The lowest BCUT2D eigenvalue weighted by Gasteiger charge is -2.47. The number of nitrogens with one attached hydrogen (secondary N) is 1. The van der Waals surface area contributed by atoms with Crippen molar-refractivity contribution in [1.82, 2.24) is 10.2 Å². The van der Waals surface area contributed by atoms with E-state index in [0.29, 0.717) is 24.8 Å². The van der Waals surface area contributed by atoms with Crippen molar-refractivity contribution >= 4 is 18.0 Å². The summed E-state index contributed by atoms with van der Waals surface area (Å²) in [4.78, 5) is 38.0. The molecule has 2 amide bonds. The SMILES string of the molecule is C=CCC(C=C)OC(=O)N[C@H]1CCC[C@H]2C1=C(C(=O)O)N1C(=O)[C@H](C(C)O)[C@@H]21. The number of carbonyl (C=O) groups is 3. The number of rotatable bonds is 7. The number of aliphatic carboxylic acids is 1. The van der Waals surface area contributed by atoms with E-state index in [1.54, 1.807) is 13.0 Å². The third-order valence-electron chi connectivity index (χ3n) is 5.83. The molecule has 0 spiro atoms. The Kier molecular flexibility index (Phi) is 5.60. The third kappa shape index (κ3) is 3.22. The van der Waals surface area contributed by atoms with Gasteiger partial charge in [0.05, 0.1) is 24.1 Å². The molecule has 3 aliphatic rings. The Balaban J connectivity index is 1.84. The molecule has 0 aromatic carbocycles. The van der Waals surface area contributed by atoms with E-state index in [1.165, 1.54) is 11.0 Å². The van der Waals surface area contributed by atoms with Crippen molar-refractivity contribution in [1.29, 1.82) is 0 Å². The van der Waals surface area contributed by atoms with E-state index in [0.717, 1.165) is 6.42 Å². The van der Waals surface area contributed by atoms with Gasteiger partial charge >= 0.3 is 12.1 Å². The molecule has 8 heteroatoms. The van der Waals surface area contributed by atoms with E-state index in [1.807, 2.05) is 0 Å². The topological polar surface area (TPSA) is 116 Å². The number of carboxylic acids is 1. The predicted octanol–water partition coefficient (Wildman–Crippen LogP) is 1.57. The number of ether oxygens (including phenoxy) is 1. The highest BCUT2D eigenvalue weighted by Crippen LogP contribution is 2.52. The molecule has 1 saturated heterocycles. The number of amides is 2. The molecule has 2 fully saturated rings. The second-order valence-electron chi connectivity index (χ2n) is 7.51. The Morgan fingerprint density at radius 1 is 1.39 bits per heavy atom. The highest BCUT2D eigenvalue weighted by molar-refractivity contribution is 6.00. The summed E-state index contributed by atoms with van der Waals surface area (Å²) < 4.78 is 5.31. The zero-order valence-corrected chi connectivity index (χ0v) is 15.8. The first-order valence-corrected chi connectivity index (χ1v) is 9.50. The summed E-state index contributed by atoms with van der Waals surface area (Å²) in [7, 11) is 0. The number of hydrogen-bond acceptors (Lipinski definition) is 5. The van der Waals surface area contributed by atoms with E-state index >= 15 is 0 Å². The van der Waals surface area contributed by atoms with Crippen LogP contribution in [-0.2, 0) is 14.3 Å². The van der Waals surface area contributed by atoms with Crippen molar-refractivity contribution in [3.05, 3.63) is 36.6 Å². The zero-order chi connectivity index (χ0) is 20.6. The third-order valence-corrected chi connectivity index (χ3v) is 5.83. The van der Waals surface area contributed by atoms with Crippen LogP contribution in [0.25, 0.3) is 0 Å². The van der Waals surface area contributed by atoms with Crippen LogP contribution in [0.2, 0.25) is 0 Å². The van der Waals surface area contributed by atoms with E-state index in [4.69, 9.17) is 4.74 Å². The second kappa shape index (κ2) is 7.79. The summed E-state index contributed by atoms with van der Waals surface area (Å²) in [5, 5.41) is 22.5. The van der Waals surface area contributed by atoms with Gasteiger partial charge in [-0.25, -0.2) is 9.59 Å². The number of aliphatic hydroxyl groups is 1. The Hall–Kier alpha value is -2.61. The summed E-state index contributed by atoms with van der Waals surface area (Å²) in [5.74, 6) is -2.37. The van der Waals surface area contributed by atoms with Gasteiger partial charge in [-0.2, -0.15) is 0 Å². The Labute approximate surface area is 163 Å². The number of carboxylic acid groups (broad SMARTS) is 1. The standard InChI is InChI=1S/C20H26N2O6/c1-4-7-11(5-2)28-20(27)21-13-9-6-8-12-15(13)17(19(25)26)22-16(12)14(10(3)23)18(22)24/h4-5,10-14,16,23H,1-2,6-9H2,3H3,(H,21,27)(H,25,26)/t10?,11?,12-,13-,14+,16+/m0/s1. The first kappa shape index (κ1) is 20.1. The van der Waals surface area contributed by atoms with Crippen LogP contribution in [0.15, 0.2) is 36.6 Å². The van der Waals surface area contributed by atoms with Crippen LogP contribution in [0.5, 0.6) is 0 Å². The van der Waals surface area contributed by atoms with Crippen molar-refractivity contribution in [2.24, 2.45) is 11.8 Å². The Morgan fingerprint density at radius 3 is 2.68 bits per heavy atom. The fourth-order valence-corrected chi connectivity index (χ4v) is 4.71. The number of β-lactam (4-membered cyclic amide) rings is 1. The minimum absolute atomic E-state index is 0.0618. The normalized spacial score (nSPS) is 30.5. The average Bonchev–Trinajstić information content (AvgIpc) is 2.92. The predicted molar refractivity (Wildman–Crippen MR) is 100 cm³/mol. The average molecular weight is 390 g/mol. The van der Waals surface area contributed by atoms with Crippen molar-refractivity contribution in [3.63, 3.8) is 0 Å². The van der Waals surface area contributed by atoms with E-state index < -0.39 is 36.2 Å². The summed E-state index contributed by atoms with van der Waals surface area (Å²) in [5.41, 5.74) is 0.490. The fourth-order valence-electron chi connectivity index (χ4n) is 4.71. The van der Waals surface area contributed by atoms with Gasteiger partial charge in [0.15, 0.2) is 0 Å². The van der Waals surface area contributed by atoms with Gasteiger partial charge in [0.25, 0.3) is 0 Å². The van der Waals surface area contributed by atoms with Crippen LogP contribution in [0.4, 0.5) is 4.79 Å². The van der Waals surface area contributed by atoms with E-state index in [-0.39, 0.29) is 23.6 Å². The summed E-state index contributed by atoms with van der Waals surface area (Å²) in [6.07, 6.45) is 3.55. The lowest BCUT2D eigenvalue weighted by atomic mass is 9.71. The van der Waals surface area contributed by atoms with Crippen LogP contribution in [0, 0.1) is 11.8 Å². The molecule has 3 N–H and O–H groups in total. The highest BCUT2D eigenvalue weighted by Gasteiger charge is 2.62. The molecule has 2 aliphatic heterocycles. The first-order valence-electron chi connectivity index (χ1n) is 9.50. The highest BCUT2D eigenvalue weighted by atomic mass is 16.6. The smallest absolute Gasteiger partial charge is 0.408 e. The summed E-state index contributed by atoms with van der Waals surface area (Å²) in [6, 6.07) is -0.893. The number of carbonyl (C=O) groups excluding carboxylic acids is 2. The van der Waals surface area contributed by atoms with E-state index in [9.17, 15) is 24.6 Å². The number of alkyl carbamates (subject to hydrolysis) is 1. The van der Waals surface area contributed by atoms with Crippen LogP contribution in [0.3, 0.4) is 0 Å². The maximum Gasteiger partial charge on any atom is 0.408 e. The number of hydrogen-bond donors (Lipinski definition) is 3. The van der Waals surface area contributed by atoms with Crippen LogP contribution in [-0.4, -0.2) is 57.4 Å². The van der Waals surface area contributed by atoms with Gasteiger partial charge in [0.1, 0.15) is 11.8 Å². The van der Waals surface area contributed by atoms with Gasteiger partial charge in [-0.1, -0.05) is 25.2 Å². The lowest BCUT2D eigenvalue weighted by Crippen LogP contribution is -2.64. The van der Waals surface area contributed by atoms with Gasteiger partial charge in [-0.15, -0.1) is 6.58 Å². The molecular formula is C20H26N2O6. The molecule has 8 nitrogen and oxygen atoms in total. The zero-order valence-electron chi connectivity index (χ0n) is 15.8. The molecule has 0 radical (unpaired) electrons. The number of aliphatic hydroxyl groups excluding tert-OH is 1. The maximum absolute atomic E-state index is 12.5. The number of nitrogens with zero attached hydrogens (tertiary/aromatic N) is 1. The molecule has 2 heterocycles. The molecule has 3 rings (SSSR count). The van der Waals surface area contributed by atoms with E-state index in [2.05, 4.69) is 18.5 Å². The van der Waals surface area contributed by atoms with Crippen molar-refractivity contribution in [2.75, 3.05) is 0 Å². The Morgan fingerprint density at radius 2 is 2.11 bits per heavy atom. The van der Waals surface area contributed by atoms with Crippen molar-refractivity contribution in [2.45, 2.75) is 56.9 Å². The Bertz CT molecular complexity index is 743. The molecule has 0 aromatic heterocycles. The summed E-state index contributed by atoms with van der Waals surface area (Å²) in [6.45, 7) is 8.77. The van der Waals surface area contributed by atoms with Crippen LogP contribution in [0.1, 0.15) is 32.6 Å². The van der Waals surface area contributed by atoms with Gasteiger partial charge in [-0.05, 0) is 25.3 Å². The summed E-state index contributed by atoms with van der Waals surface area (Å²) >= 11 is 0. The van der Waals surface area contributed by atoms with Crippen molar-refractivity contribution < 1.29 is 29.3 Å². The minimum Gasteiger partial charge on any atom is -0.477 e. The van der Waals surface area contributed by atoms with Gasteiger partial charge in [-0.3, -0.25) is 4.79 Å². The molecule has 6 atom stereocenters. The molecular weight excluding hydrogens is 364 g/mol. The number of fused-ring (bicyclic) bond motifs is 3. The first-order chi connectivity index (χ1) is 13.3. The van der Waals surface area contributed by atoms with Crippen molar-refractivity contribution in [3.8, 4) is 0 Å². The molecule has 152 valence electrons. The van der Waals surface area contributed by atoms with Crippen LogP contribution >= 0.6 is 0 Å². The van der Waals surface area contributed by atoms with Gasteiger partial charge in [0, 0.05) is 12.3 Å². The quantitative estimate of drug-likeness (QED) is 0.449. The molecule has 0 bridgehead atoms. The largest absolute Gasteiger partial charge is 0.477 e. The second-order valence-corrected chi connectivity index (χ2v) is 7.51.